The molecule has 0 saturated carbocycles. The van der Waals surface area contributed by atoms with E-state index in [1.165, 1.54) is 30.7 Å². The Morgan fingerprint density at radius 1 is 1.00 bits per heavy atom. The van der Waals surface area contributed by atoms with E-state index < -0.39 is 12.7 Å². The first-order valence-corrected chi connectivity index (χ1v) is 7.65. The molecule has 0 unspecified atom stereocenters. The van der Waals surface area contributed by atoms with Crippen molar-refractivity contribution in [2.75, 3.05) is 0 Å². The number of benzene rings is 2. The highest BCUT2D eigenvalue weighted by molar-refractivity contribution is 5.99. The predicted molar refractivity (Wildman–Crippen MR) is 87.2 cm³/mol. The summed E-state index contributed by atoms with van der Waals surface area (Å²) in [5.74, 6) is 0.579. The van der Waals surface area contributed by atoms with E-state index in [9.17, 15) is 13.6 Å². The zero-order chi connectivity index (χ0) is 18.5. The SMILES string of the molecule is C[C@H](Oc1ccc(-c2nnco2)cc1)C(=O)c1ccc(OC(F)F)cc1. The summed E-state index contributed by atoms with van der Waals surface area (Å²) in [6, 6.07) is 12.3. The number of ether oxygens (including phenoxy) is 2. The second-order valence-corrected chi connectivity index (χ2v) is 5.30. The van der Waals surface area contributed by atoms with Gasteiger partial charge in [0.2, 0.25) is 18.1 Å². The van der Waals surface area contributed by atoms with Gasteiger partial charge in [0, 0.05) is 11.1 Å². The zero-order valence-corrected chi connectivity index (χ0v) is 13.6. The van der Waals surface area contributed by atoms with Gasteiger partial charge in [0.15, 0.2) is 6.10 Å². The van der Waals surface area contributed by atoms with Gasteiger partial charge in [0.1, 0.15) is 11.5 Å². The molecule has 2 aromatic carbocycles. The highest BCUT2D eigenvalue weighted by Gasteiger charge is 2.17. The predicted octanol–water partition coefficient (Wildman–Crippen LogP) is 3.99. The van der Waals surface area contributed by atoms with Crippen LogP contribution in [-0.4, -0.2) is 28.7 Å². The van der Waals surface area contributed by atoms with Gasteiger partial charge in [0.05, 0.1) is 0 Å². The molecule has 0 radical (unpaired) electrons. The monoisotopic (exact) mass is 360 g/mol. The van der Waals surface area contributed by atoms with Crippen molar-refractivity contribution in [3.63, 3.8) is 0 Å². The summed E-state index contributed by atoms with van der Waals surface area (Å²) in [5, 5.41) is 7.41. The third-order valence-electron chi connectivity index (χ3n) is 3.51. The Kier molecular flexibility index (Phi) is 5.21. The van der Waals surface area contributed by atoms with E-state index in [1.54, 1.807) is 31.2 Å². The largest absolute Gasteiger partial charge is 0.483 e. The van der Waals surface area contributed by atoms with Crippen molar-refractivity contribution in [2.45, 2.75) is 19.6 Å². The molecular weight excluding hydrogens is 346 g/mol. The molecule has 0 N–H and O–H groups in total. The summed E-state index contributed by atoms with van der Waals surface area (Å²) < 4.78 is 39.3. The molecule has 3 aromatic rings. The number of hydrogen-bond acceptors (Lipinski definition) is 6. The van der Waals surface area contributed by atoms with E-state index in [4.69, 9.17) is 9.15 Å². The molecule has 1 atom stereocenters. The van der Waals surface area contributed by atoms with Crippen molar-refractivity contribution in [1.82, 2.24) is 10.2 Å². The van der Waals surface area contributed by atoms with Crippen LogP contribution in [0.4, 0.5) is 8.78 Å². The number of rotatable bonds is 7. The molecule has 0 aliphatic carbocycles. The van der Waals surface area contributed by atoms with Crippen LogP contribution < -0.4 is 9.47 Å². The first-order chi connectivity index (χ1) is 12.5. The van der Waals surface area contributed by atoms with Crippen LogP contribution in [0.15, 0.2) is 59.3 Å². The molecule has 0 bridgehead atoms. The Balaban J connectivity index is 1.63. The molecule has 0 aliphatic heterocycles. The van der Waals surface area contributed by atoms with E-state index in [2.05, 4.69) is 14.9 Å². The molecule has 0 amide bonds. The minimum Gasteiger partial charge on any atom is -0.483 e. The van der Waals surface area contributed by atoms with Crippen LogP contribution in [0.3, 0.4) is 0 Å². The maximum Gasteiger partial charge on any atom is 0.387 e. The van der Waals surface area contributed by atoms with Gasteiger partial charge < -0.3 is 13.9 Å². The lowest BCUT2D eigenvalue weighted by Gasteiger charge is -2.14. The lowest BCUT2D eigenvalue weighted by Crippen LogP contribution is -2.23. The van der Waals surface area contributed by atoms with Crippen molar-refractivity contribution in [3.8, 4) is 23.0 Å². The Labute approximate surface area is 147 Å². The maximum atomic E-state index is 12.4. The van der Waals surface area contributed by atoms with Crippen molar-refractivity contribution >= 4 is 5.78 Å². The minimum absolute atomic E-state index is 0.0123. The van der Waals surface area contributed by atoms with Gasteiger partial charge in [0.25, 0.3) is 0 Å². The van der Waals surface area contributed by atoms with Crippen LogP contribution in [0.5, 0.6) is 11.5 Å². The highest BCUT2D eigenvalue weighted by atomic mass is 19.3. The van der Waals surface area contributed by atoms with Gasteiger partial charge in [-0.25, -0.2) is 0 Å². The highest BCUT2D eigenvalue weighted by Crippen LogP contribution is 2.22. The molecule has 6 nitrogen and oxygen atoms in total. The second-order valence-electron chi connectivity index (χ2n) is 5.30. The fourth-order valence-corrected chi connectivity index (χ4v) is 2.27. The summed E-state index contributed by atoms with van der Waals surface area (Å²) in [6.07, 6.45) is 0.476. The van der Waals surface area contributed by atoms with Gasteiger partial charge >= 0.3 is 6.61 Å². The number of ketones is 1. The fourth-order valence-electron chi connectivity index (χ4n) is 2.27. The average Bonchev–Trinajstić information content (AvgIpc) is 3.16. The molecule has 1 aromatic heterocycles. The standard InChI is InChI=1S/C18H14F2N2O4/c1-11(16(23)12-2-6-15(7-3-12)26-18(19)20)25-14-8-4-13(5-9-14)17-22-21-10-24-17/h2-11,18H,1H3/t11-/m0/s1. The summed E-state index contributed by atoms with van der Waals surface area (Å²) in [4.78, 5) is 12.4. The number of aromatic nitrogens is 2. The minimum atomic E-state index is -2.91. The van der Waals surface area contributed by atoms with Crippen LogP contribution >= 0.6 is 0 Å². The summed E-state index contributed by atoms with van der Waals surface area (Å²) in [6.45, 7) is -1.30. The van der Waals surface area contributed by atoms with Crippen LogP contribution in [0.1, 0.15) is 17.3 Å². The van der Waals surface area contributed by atoms with Gasteiger partial charge in [-0.1, -0.05) is 0 Å². The topological polar surface area (TPSA) is 74.5 Å². The van der Waals surface area contributed by atoms with Crippen LogP contribution in [0.2, 0.25) is 0 Å². The Bertz CT molecular complexity index is 850. The van der Waals surface area contributed by atoms with Crippen LogP contribution in [0.25, 0.3) is 11.5 Å². The average molecular weight is 360 g/mol. The van der Waals surface area contributed by atoms with Crippen molar-refractivity contribution in [3.05, 3.63) is 60.5 Å². The molecule has 0 aliphatic rings. The quantitative estimate of drug-likeness (QED) is 0.593. The smallest absolute Gasteiger partial charge is 0.387 e. The molecular formula is C18H14F2N2O4. The number of Topliss-reactive ketones (excluding diaryl/α,β-unsaturated/α-hetero) is 1. The van der Waals surface area contributed by atoms with Gasteiger partial charge in [-0.15, -0.1) is 10.2 Å². The Hall–Kier alpha value is -3.29. The van der Waals surface area contributed by atoms with Crippen molar-refractivity contribution in [1.29, 1.82) is 0 Å². The van der Waals surface area contributed by atoms with Crippen LogP contribution in [0, 0.1) is 0 Å². The summed E-state index contributed by atoms with van der Waals surface area (Å²) in [7, 11) is 0. The van der Waals surface area contributed by atoms with E-state index >= 15 is 0 Å². The third kappa shape index (κ3) is 4.21. The molecule has 26 heavy (non-hydrogen) atoms. The second kappa shape index (κ2) is 7.73. The van der Waals surface area contributed by atoms with E-state index in [-0.39, 0.29) is 11.5 Å². The Morgan fingerprint density at radius 2 is 1.62 bits per heavy atom. The number of carbonyl (C=O) groups is 1. The molecule has 0 saturated heterocycles. The number of hydrogen-bond donors (Lipinski definition) is 0. The van der Waals surface area contributed by atoms with Gasteiger partial charge in [-0.05, 0) is 55.5 Å². The molecule has 8 heteroatoms. The number of halogens is 2. The fraction of sp³-hybridized carbons (Fsp3) is 0.167. The zero-order valence-electron chi connectivity index (χ0n) is 13.6. The Morgan fingerprint density at radius 3 is 2.19 bits per heavy atom. The van der Waals surface area contributed by atoms with Crippen molar-refractivity contribution in [2.24, 2.45) is 0 Å². The molecule has 134 valence electrons. The number of alkyl halides is 2. The maximum absolute atomic E-state index is 12.4. The molecule has 0 fully saturated rings. The summed E-state index contributed by atoms with van der Waals surface area (Å²) >= 11 is 0. The number of carbonyl (C=O) groups excluding carboxylic acids is 1. The molecule has 0 spiro atoms. The normalized spacial score (nSPS) is 12.0. The third-order valence-corrected chi connectivity index (χ3v) is 3.51. The lowest BCUT2D eigenvalue weighted by molar-refractivity contribution is -0.0498. The van der Waals surface area contributed by atoms with E-state index in [0.29, 0.717) is 17.2 Å². The number of nitrogens with zero attached hydrogens (tertiary/aromatic N) is 2. The first-order valence-electron chi connectivity index (χ1n) is 7.65. The molecule has 3 rings (SSSR count). The summed E-state index contributed by atoms with van der Waals surface area (Å²) in [5.41, 5.74) is 1.06. The first kappa shape index (κ1) is 17.5. The van der Waals surface area contributed by atoms with E-state index in [1.807, 2.05) is 0 Å². The van der Waals surface area contributed by atoms with Gasteiger partial charge in [-0.3, -0.25) is 4.79 Å². The molecule has 1 heterocycles. The van der Waals surface area contributed by atoms with Gasteiger partial charge in [-0.2, -0.15) is 8.78 Å². The van der Waals surface area contributed by atoms with E-state index in [0.717, 1.165) is 5.56 Å². The van der Waals surface area contributed by atoms with Crippen molar-refractivity contribution < 1.29 is 27.5 Å². The van der Waals surface area contributed by atoms with Crippen LogP contribution in [-0.2, 0) is 0 Å². The lowest BCUT2D eigenvalue weighted by atomic mass is 10.1.